The Labute approximate surface area is 122 Å². The van der Waals surface area contributed by atoms with Crippen molar-refractivity contribution in [2.45, 2.75) is 13.5 Å². The fourth-order valence-electron chi connectivity index (χ4n) is 1.85. The van der Waals surface area contributed by atoms with Gasteiger partial charge in [-0.1, -0.05) is 12.1 Å². The van der Waals surface area contributed by atoms with Crippen molar-refractivity contribution < 1.29 is 27.2 Å². The van der Waals surface area contributed by atoms with Crippen LogP contribution >= 0.6 is 0 Å². The Balaban J connectivity index is 2.32. The molecule has 0 fully saturated rings. The van der Waals surface area contributed by atoms with E-state index in [9.17, 15) is 27.7 Å². The third-order valence-electron chi connectivity index (χ3n) is 3.06. The largest absolute Gasteiger partial charge is 0.483 e. The lowest BCUT2D eigenvalue weighted by atomic mass is 10.1. The lowest BCUT2D eigenvalue weighted by Crippen LogP contribution is -2.05. The van der Waals surface area contributed by atoms with Gasteiger partial charge in [-0.2, -0.15) is 8.78 Å². The molecule has 2 aromatic rings. The van der Waals surface area contributed by atoms with E-state index in [0.29, 0.717) is 0 Å². The van der Waals surface area contributed by atoms with Crippen molar-refractivity contribution in [3.05, 3.63) is 68.8 Å². The molecule has 0 aliphatic rings. The highest BCUT2D eigenvalue weighted by Gasteiger charge is 2.21. The molecule has 0 heterocycles. The van der Waals surface area contributed by atoms with Gasteiger partial charge in [0, 0.05) is 17.7 Å². The molecular weight excluding hydrogens is 306 g/mol. The van der Waals surface area contributed by atoms with Gasteiger partial charge in [-0.05, 0) is 12.5 Å². The van der Waals surface area contributed by atoms with Crippen molar-refractivity contribution >= 4 is 5.69 Å². The van der Waals surface area contributed by atoms with E-state index in [4.69, 9.17) is 4.74 Å². The van der Waals surface area contributed by atoms with E-state index in [1.807, 2.05) is 0 Å². The van der Waals surface area contributed by atoms with Gasteiger partial charge >= 0.3 is 0 Å². The highest BCUT2D eigenvalue weighted by Crippen LogP contribution is 2.28. The number of ether oxygens (including phenoxy) is 1. The Hall–Kier alpha value is -2.64. The van der Waals surface area contributed by atoms with Crippen LogP contribution in [0.2, 0.25) is 0 Å². The maximum atomic E-state index is 13.4. The summed E-state index contributed by atoms with van der Waals surface area (Å²) in [5, 5.41) is 10.8. The van der Waals surface area contributed by atoms with Gasteiger partial charge in [0.05, 0.1) is 4.92 Å². The molecule has 22 heavy (non-hydrogen) atoms. The second kappa shape index (κ2) is 6.00. The minimum absolute atomic E-state index is 0.0656. The van der Waals surface area contributed by atoms with Crippen molar-refractivity contribution in [2.24, 2.45) is 0 Å². The average Bonchev–Trinajstić information content (AvgIpc) is 2.46. The first kappa shape index (κ1) is 15.7. The molecule has 0 unspecified atom stereocenters. The molecule has 0 atom stereocenters. The highest BCUT2D eigenvalue weighted by molar-refractivity contribution is 5.44. The second-order valence-electron chi connectivity index (χ2n) is 4.40. The van der Waals surface area contributed by atoms with E-state index in [1.54, 1.807) is 0 Å². The van der Waals surface area contributed by atoms with Crippen LogP contribution in [0.3, 0.4) is 0 Å². The molecular formula is C14H9F4NO3. The number of nitro benzene ring substituents is 1. The van der Waals surface area contributed by atoms with Crippen LogP contribution in [0.25, 0.3) is 0 Å². The number of nitrogens with zero attached hydrogens (tertiary/aromatic N) is 1. The van der Waals surface area contributed by atoms with Gasteiger partial charge in [0.2, 0.25) is 11.6 Å². The maximum Gasteiger partial charge on any atom is 0.272 e. The standard InChI is InChI=1S/C14H9F4NO3/c1-7-8(3-2-4-11(7)19(20)21)6-22-14-12(17)9(15)5-10(16)13(14)18/h2-5H,6H2,1H3. The molecule has 8 heteroatoms. The first-order chi connectivity index (χ1) is 10.3. The SMILES string of the molecule is Cc1c(COc2c(F)c(F)cc(F)c2F)cccc1[N+](=O)[O-]. The zero-order valence-electron chi connectivity index (χ0n) is 11.2. The lowest BCUT2D eigenvalue weighted by Gasteiger charge is -2.11. The first-order valence-electron chi connectivity index (χ1n) is 6.01. The molecule has 0 aromatic heterocycles. The summed E-state index contributed by atoms with van der Waals surface area (Å²) >= 11 is 0. The molecule has 0 spiro atoms. The second-order valence-corrected chi connectivity index (χ2v) is 4.40. The molecule has 0 N–H and O–H groups in total. The average molecular weight is 315 g/mol. The van der Waals surface area contributed by atoms with E-state index >= 15 is 0 Å². The Kier molecular flexibility index (Phi) is 4.30. The topological polar surface area (TPSA) is 52.4 Å². The summed E-state index contributed by atoms with van der Waals surface area (Å²) in [4.78, 5) is 10.2. The molecule has 0 aliphatic heterocycles. The quantitative estimate of drug-likeness (QED) is 0.370. The number of hydrogen-bond acceptors (Lipinski definition) is 3. The highest BCUT2D eigenvalue weighted by atomic mass is 19.2. The molecule has 0 radical (unpaired) electrons. The summed E-state index contributed by atoms with van der Waals surface area (Å²) in [6, 6.07) is 4.12. The number of nitro groups is 1. The van der Waals surface area contributed by atoms with E-state index in [2.05, 4.69) is 0 Å². The predicted molar refractivity (Wildman–Crippen MR) is 68.4 cm³/mol. The molecule has 116 valence electrons. The van der Waals surface area contributed by atoms with E-state index in [-0.39, 0.29) is 22.9 Å². The summed E-state index contributed by atoms with van der Waals surface area (Å²) in [6.07, 6.45) is 0. The van der Waals surface area contributed by atoms with Crippen molar-refractivity contribution in [3.8, 4) is 5.75 Å². The Morgan fingerprint density at radius 2 is 1.73 bits per heavy atom. The summed E-state index contributed by atoms with van der Waals surface area (Å²) in [7, 11) is 0. The fraction of sp³-hybridized carbons (Fsp3) is 0.143. The maximum absolute atomic E-state index is 13.4. The van der Waals surface area contributed by atoms with E-state index < -0.39 is 40.5 Å². The molecule has 0 saturated carbocycles. The van der Waals surface area contributed by atoms with Crippen molar-refractivity contribution in [1.82, 2.24) is 0 Å². The van der Waals surface area contributed by atoms with Gasteiger partial charge in [0.25, 0.3) is 5.69 Å². The number of halogens is 4. The minimum atomic E-state index is -1.66. The van der Waals surface area contributed by atoms with Gasteiger partial charge in [0.15, 0.2) is 17.4 Å². The van der Waals surface area contributed by atoms with Crippen LogP contribution in [0, 0.1) is 40.3 Å². The zero-order valence-corrected chi connectivity index (χ0v) is 11.2. The van der Waals surface area contributed by atoms with Crippen LogP contribution in [0.4, 0.5) is 23.2 Å². The van der Waals surface area contributed by atoms with Gasteiger partial charge in [-0.3, -0.25) is 10.1 Å². The smallest absolute Gasteiger partial charge is 0.272 e. The van der Waals surface area contributed by atoms with Crippen LogP contribution in [-0.4, -0.2) is 4.92 Å². The fourth-order valence-corrected chi connectivity index (χ4v) is 1.85. The Morgan fingerprint density at radius 3 is 2.27 bits per heavy atom. The molecule has 0 bridgehead atoms. The van der Waals surface area contributed by atoms with E-state index in [0.717, 1.165) is 0 Å². The lowest BCUT2D eigenvalue weighted by molar-refractivity contribution is -0.385. The molecule has 0 aliphatic carbocycles. The van der Waals surface area contributed by atoms with Crippen LogP contribution in [-0.2, 0) is 6.61 Å². The third kappa shape index (κ3) is 2.85. The first-order valence-corrected chi connectivity index (χ1v) is 6.01. The Morgan fingerprint density at radius 1 is 1.14 bits per heavy atom. The van der Waals surface area contributed by atoms with Crippen LogP contribution in [0.15, 0.2) is 24.3 Å². The van der Waals surface area contributed by atoms with Gasteiger partial charge in [-0.15, -0.1) is 0 Å². The van der Waals surface area contributed by atoms with Crippen molar-refractivity contribution in [2.75, 3.05) is 0 Å². The van der Waals surface area contributed by atoms with Crippen LogP contribution in [0.1, 0.15) is 11.1 Å². The van der Waals surface area contributed by atoms with E-state index in [1.165, 1.54) is 25.1 Å². The molecule has 0 amide bonds. The number of hydrogen-bond donors (Lipinski definition) is 0. The summed E-state index contributed by atoms with van der Waals surface area (Å²) in [5.74, 6) is -7.72. The number of benzene rings is 2. The summed E-state index contributed by atoms with van der Waals surface area (Å²) in [5.41, 5.74) is 0.287. The Bertz CT molecular complexity index is 723. The minimum Gasteiger partial charge on any atom is -0.483 e. The number of rotatable bonds is 4. The van der Waals surface area contributed by atoms with Gasteiger partial charge in [0.1, 0.15) is 6.61 Å². The van der Waals surface area contributed by atoms with Crippen molar-refractivity contribution in [1.29, 1.82) is 0 Å². The summed E-state index contributed by atoms with van der Waals surface area (Å²) in [6.45, 7) is 0.944. The van der Waals surface area contributed by atoms with Crippen LogP contribution in [0.5, 0.6) is 5.75 Å². The predicted octanol–water partition coefficient (Wildman–Crippen LogP) is 4.04. The molecule has 0 saturated heterocycles. The third-order valence-corrected chi connectivity index (χ3v) is 3.06. The summed E-state index contributed by atoms with van der Waals surface area (Å²) < 4.78 is 57.7. The van der Waals surface area contributed by atoms with Gasteiger partial charge < -0.3 is 4.74 Å². The van der Waals surface area contributed by atoms with Crippen molar-refractivity contribution in [3.63, 3.8) is 0 Å². The molecule has 2 aromatic carbocycles. The normalized spacial score (nSPS) is 10.6. The molecule has 4 nitrogen and oxygen atoms in total. The van der Waals surface area contributed by atoms with Gasteiger partial charge in [-0.25, -0.2) is 8.78 Å². The molecule has 2 rings (SSSR count). The van der Waals surface area contributed by atoms with Crippen LogP contribution < -0.4 is 4.74 Å². The zero-order chi connectivity index (χ0) is 16.4. The monoisotopic (exact) mass is 315 g/mol.